The largest absolute Gasteiger partial charge is 0.466 e. The van der Waals surface area contributed by atoms with Gasteiger partial charge in [-0.3, -0.25) is 4.79 Å². The molecule has 3 unspecified atom stereocenters. The fourth-order valence-electron chi connectivity index (χ4n) is 4.64. The van der Waals surface area contributed by atoms with Crippen molar-refractivity contribution in [1.29, 1.82) is 0 Å². The van der Waals surface area contributed by atoms with E-state index in [4.69, 9.17) is 9.47 Å². The van der Waals surface area contributed by atoms with Gasteiger partial charge < -0.3 is 9.47 Å². The zero-order valence-corrected chi connectivity index (χ0v) is 16.8. The van der Waals surface area contributed by atoms with Crippen LogP contribution in [0, 0.1) is 23.7 Å². The van der Waals surface area contributed by atoms with Crippen molar-refractivity contribution >= 4 is 11.9 Å². The first-order valence-electron chi connectivity index (χ1n) is 10.3. The van der Waals surface area contributed by atoms with E-state index in [2.05, 4.69) is 13.5 Å². The monoisotopic (exact) mass is 364 g/mol. The molecule has 0 aromatic rings. The maximum absolute atomic E-state index is 12.2. The van der Waals surface area contributed by atoms with Crippen LogP contribution in [-0.4, -0.2) is 24.6 Å². The molecule has 0 saturated heterocycles. The van der Waals surface area contributed by atoms with Gasteiger partial charge in [0.2, 0.25) is 0 Å². The van der Waals surface area contributed by atoms with Crippen molar-refractivity contribution in [3.8, 4) is 0 Å². The van der Waals surface area contributed by atoms with Crippen LogP contribution in [0.5, 0.6) is 0 Å². The van der Waals surface area contributed by atoms with E-state index in [1.54, 1.807) is 6.92 Å². The summed E-state index contributed by atoms with van der Waals surface area (Å²) in [4.78, 5) is 23.2. The summed E-state index contributed by atoms with van der Waals surface area (Å²) in [5.41, 5.74) is 0.482. The number of carbonyl (C=O) groups excluding carboxylic acids is 2. The van der Waals surface area contributed by atoms with Crippen LogP contribution >= 0.6 is 0 Å². The van der Waals surface area contributed by atoms with Crippen LogP contribution in [0.2, 0.25) is 0 Å². The third-order valence-electron chi connectivity index (χ3n) is 6.16. The number of hydrogen-bond donors (Lipinski definition) is 0. The van der Waals surface area contributed by atoms with E-state index in [-0.39, 0.29) is 18.0 Å². The molecule has 148 valence electrons. The van der Waals surface area contributed by atoms with E-state index in [1.165, 1.54) is 32.6 Å². The molecule has 3 atom stereocenters. The zero-order valence-electron chi connectivity index (χ0n) is 16.8. The minimum absolute atomic E-state index is 0.00387. The second kappa shape index (κ2) is 10.1. The molecule has 2 rings (SSSR count). The number of carbonyl (C=O) groups is 2. The van der Waals surface area contributed by atoms with Crippen LogP contribution in [0.25, 0.3) is 0 Å². The van der Waals surface area contributed by atoms with Crippen LogP contribution in [0.15, 0.2) is 12.2 Å². The second-order valence-electron chi connectivity index (χ2n) is 8.68. The smallest absolute Gasteiger partial charge is 0.333 e. The topological polar surface area (TPSA) is 52.6 Å². The molecule has 2 saturated carbocycles. The Labute approximate surface area is 158 Å². The number of esters is 2. The highest BCUT2D eigenvalue weighted by atomic mass is 16.5. The Hall–Kier alpha value is -1.32. The van der Waals surface area contributed by atoms with Gasteiger partial charge in [-0.1, -0.05) is 32.8 Å². The predicted octanol–water partition coefficient (Wildman–Crippen LogP) is 5.06. The minimum Gasteiger partial charge on any atom is -0.466 e. The normalized spacial score (nSPS) is 30.3. The van der Waals surface area contributed by atoms with E-state index in [0.29, 0.717) is 29.9 Å². The number of ether oxygens (including phenoxy) is 2. The van der Waals surface area contributed by atoms with E-state index in [1.807, 2.05) is 0 Å². The molecule has 0 N–H and O–H groups in total. The maximum atomic E-state index is 12.2. The molecule has 0 spiro atoms. The van der Waals surface area contributed by atoms with Crippen molar-refractivity contribution in [1.82, 2.24) is 0 Å². The Kier molecular flexibility index (Phi) is 8.17. The first kappa shape index (κ1) is 21.0. The van der Waals surface area contributed by atoms with Gasteiger partial charge in [-0.25, -0.2) is 4.79 Å². The van der Waals surface area contributed by atoms with Gasteiger partial charge in [0.05, 0.1) is 6.61 Å². The summed E-state index contributed by atoms with van der Waals surface area (Å²) in [5, 5.41) is 0. The Balaban J connectivity index is 1.91. The van der Waals surface area contributed by atoms with Crippen molar-refractivity contribution in [3.05, 3.63) is 12.2 Å². The maximum Gasteiger partial charge on any atom is 0.333 e. The molecule has 0 aromatic carbocycles. The van der Waals surface area contributed by atoms with Crippen molar-refractivity contribution < 1.29 is 19.1 Å². The summed E-state index contributed by atoms with van der Waals surface area (Å²) in [7, 11) is 0. The molecule has 0 heterocycles. The van der Waals surface area contributed by atoms with Gasteiger partial charge in [0.1, 0.15) is 6.10 Å². The van der Waals surface area contributed by atoms with Gasteiger partial charge in [0.15, 0.2) is 0 Å². The zero-order chi connectivity index (χ0) is 19.1. The first-order valence-corrected chi connectivity index (χ1v) is 10.3. The van der Waals surface area contributed by atoms with Gasteiger partial charge in [-0.15, -0.1) is 0 Å². The van der Waals surface area contributed by atoms with E-state index >= 15 is 0 Å². The summed E-state index contributed by atoms with van der Waals surface area (Å²) in [6, 6.07) is 0. The summed E-state index contributed by atoms with van der Waals surface area (Å²) in [5.74, 6) is 1.87. The lowest BCUT2D eigenvalue weighted by molar-refractivity contribution is -0.150. The van der Waals surface area contributed by atoms with Crippen LogP contribution in [0.1, 0.15) is 78.6 Å². The average molecular weight is 365 g/mol. The fourth-order valence-corrected chi connectivity index (χ4v) is 4.64. The van der Waals surface area contributed by atoms with E-state index in [0.717, 1.165) is 38.0 Å². The Morgan fingerprint density at radius 2 is 1.73 bits per heavy atom. The van der Waals surface area contributed by atoms with Gasteiger partial charge >= 0.3 is 11.9 Å². The van der Waals surface area contributed by atoms with Crippen LogP contribution in [-0.2, 0) is 19.1 Å². The van der Waals surface area contributed by atoms with Crippen LogP contribution in [0.3, 0.4) is 0 Å². The molecule has 0 bridgehead atoms. The van der Waals surface area contributed by atoms with Crippen molar-refractivity contribution in [2.45, 2.75) is 84.7 Å². The molecule has 0 aromatic heterocycles. The lowest BCUT2D eigenvalue weighted by Gasteiger charge is -2.36. The molecular formula is C22H36O4. The molecule has 2 fully saturated rings. The summed E-state index contributed by atoms with van der Waals surface area (Å²) in [6.07, 6.45) is 10.3. The highest BCUT2D eigenvalue weighted by Gasteiger charge is 2.33. The van der Waals surface area contributed by atoms with Crippen molar-refractivity contribution in [3.63, 3.8) is 0 Å². The van der Waals surface area contributed by atoms with Crippen molar-refractivity contribution in [2.24, 2.45) is 23.7 Å². The number of rotatable bonds is 7. The summed E-state index contributed by atoms with van der Waals surface area (Å²) < 4.78 is 11.1. The van der Waals surface area contributed by atoms with Gasteiger partial charge in [-0.2, -0.15) is 0 Å². The standard InChI is InChI=1S/C22H36O4/c1-15(2)22(24)26-21(13-19-7-5-6-16(3)12-19)20-10-8-18(9-11-20)14-25-17(4)23/h16,18-21H,1,5-14H2,2-4H3. The second-order valence-corrected chi connectivity index (χ2v) is 8.68. The molecule has 0 amide bonds. The lowest BCUT2D eigenvalue weighted by atomic mass is 9.74. The Bertz CT molecular complexity index is 490. The third kappa shape index (κ3) is 6.77. The average Bonchev–Trinajstić information content (AvgIpc) is 2.59. The predicted molar refractivity (Wildman–Crippen MR) is 103 cm³/mol. The lowest BCUT2D eigenvalue weighted by Crippen LogP contribution is -2.34. The van der Waals surface area contributed by atoms with Crippen molar-refractivity contribution in [2.75, 3.05) is 6.61 Å². The molecule has 2 aliphatic carbocycles. The van der Waals surface area contributed by atoms with Crippen LogP contribution < -0.4 is 0 Å². The molecular weight excluding hydrogens is 328 g/mol. The van der Waals surface area contributed by atoms with Gasteiger partial charge in [-0.05, 0) is 69.1 Å². The molecule has 4 nitrogen and oxygen atoms in total. The quantitative estimate of drug-likeness (QED) is 0.468. The summed E-state index contributed by atoms with van der Waals surface area (Å²) >= 11 is 0. The Morgan fingerprint density at radius 1 is 1.04 bits per heavy atom. The molecule has 26 heavy (non-hydrogen) atoms. The highest BCUT2D eigenvalue weighted by molar-refractivity contribution is 5.87. The SMILES string of the molecule is C=C(C)C(=O)OC(CC1CCCC(C)C1)C1CCC(COC(C)=O)CC1. The van der Waals surface area contributed by atoms with Gasteiger partial charge in [0.25, 0.3) is 0 Å². The van der Waals surface area contributed by atoms with E-state index < -0.39 is 0 Å². The Morgan fingerprint density at radius 3 is 2.31 bits per heavy atom. The molecule has 0 aliphatic heterocycles. The van der Waals surface area contributed by atoms with Crippen LogP contribution in [0.4, 0.5) is 0 Å². The number of hydrogen-bond acceptors (Lipinski definition) is 4. The highest BCUT2D eigenvalue weighted by Crippen LogP contribution is 2.38. The van der Waals surface area contributed by atoms with E-state index in [9.17, 15) is 9.59 Å². The first-order chi connectivity index (χ1) is 12.3. The third-order valence-corrected chi connectivity index (χ3v) is 6.16. The van der Waals surface area contributed by atoms with Gasteiger partial charge in [0, 0.05) is 12.5 Å². The summed E-state index contributed by atoms with van der Waals surface area (Å²) in [6.45, 7) is 9.79. The fraction of sp³-hybridized carbons (Fsp3) is 0.818. The molecule has 0 radical (unpaired) electrons. The molecule has 2 aliphatic rings. The molecule has 4 heteroatoms. The minimum atomic E-state index is -0.249.